The Morgan fingerprint density at radius 2 is 2.17 bits per heavy atom. The van der Waals surface area contributed by atoms with E-state index in [9.17, 15) is 4.79 Å². The lowest BCUT2D eigenvalue weighted by molar-refractivity contribution is -0.113. The molecule has 2 aromatic heterocycles. The quantitative estimate of drug-likeness (QED) is 0.653. The van der Waals surface area contributed by atoms with Gasteiger partial charge >= 0.3 is 0 Å². The molecule has 0 radical (unpaired) electrons. The van der Waals surface area contributed by atoms with Crippen LogP contribution in [0.3, 0.4) is 0 Å². The summed E-state index contributed by atoms with van der Waals surface area (Å²) in [4.78, 5) is 17.7. The van der Waals surface area contributed by atoms with Crippen molar-refractivity contribution in [2.24, 2.45) is 0 Å². The predicted molar refractivity (Wildman–Crippen MR) is 99.6 cm³/mol. The number of hydrogen-bond acceptors (Lipinski definition) is 4. The Balaban J connectivity index is 1.67. The van der Waals surface area contributed by atoms with Crippen LogP contribution in [-0.4, -0.2) is 26.4 Å². The first-order valence-electron chi connectivity index (χ1n) is 7.27. The third kappa shape index (κ3) is 4.04. The summed E-state index contributed by atoms with van der Waals surface area (Å²) in [5.74, 6) is 0.847. The summed E-state index contributed by atoms with van der Waals surface area (Å²) in [7, 11) is 0. The van der Waals surface area contributed by atoms with Crippen molar-refractivity contribution >= 4 is 39.3 Å². The number of aromatic nitrogens is 3. The van der Waals surface area contributed by atoms with Crippen molar-refractivity contribution in [3.05, 3.63) is 65.0 Å². The van der Waals surface area contributed by atoms with Crippen molar-refractivity contribution in [3.8, 4) is 5.82 Å². The molecule has 0 fully saturated rings. The van der Waals surface area contributed by atoms with Gasteiger partial charge in [-0.15, -0.1) is 11.8 Å². The Hall–Kier alpha value is -2.12. The van der Waals surface area contributed by atoms with Gasteiger partial charge in [-0.1, -0.05) is 15.9 Å². The van der Waals surface area contributed by atoms with Crippen molar-refractivity contribution in [2.45, 2.75) is 11.8 Å². The summed E-state index contributed by atoms with van der Waals surface area (Å²) in [6.45, 7) is 2.03. The number of nitrogens with zero attached hydrogens (tertiary/aromatic N) is 3. The summed E-state index contributed by atoms with van der Waals surface area (Å²) in [6, 6.07) is 11.4. The van der Waals surface area contributed by atoms with E-state index in [1.54, 1.807) is 29.3 Å². The van der Waals surface area contributed by atoms with Crippen LogP contribution in [0.5, 0.6) is 0 Å². The molecule has 0 spiro atoms. The van der Waals surface area contributed by atoms with Crippen LogP contribution in [-0.2, 0) is 4.79 Å². The van der Waals surface area contributed by atoms with E-state index in [4.69, 9.17) is 0 Å². The number of benzene rings is 1. The smallest absolute Gasteiger partial charge is 0.234 e. The van der Waals surface area contributed by atoms with E-state index in [0.29, 0.717) is 17.3 Å². The minimum absolute atomic E-state index is 0.0799. The molecule has 0 saturated heterocycles. The molecule has 2 heterocycles. The van der Waals surface area contributed by atoms with Crippen molar-refractivity contribution < 1.29 is 4.79 Å². The molecule has 0 aliphatic rings. The van der Waals surface area contributed by atoms with E-state index < -0.39 is 0 Å². The number of nitrogens with one attached hydrogen (secondary N) is 1. The minimum atomic E-state index is -0.0799. The second-order valence-electron chi connectivity index (χ2n) is 5.07. The van der Waals surface area contributed by atoms with E-state index in [-0.39, 0.29) is 5.91 Å². The van der Waals surface area contributed by atoms with Crippen LogP contribution in [0, 0.1) is 6.92 Å². The summed E-state index contributed by atoms with van der Waals surface area (Å²) in [6.07, 6.45) is 5.14. The Morgan fingerprint density at radius 3 is 2.92 bits per heavy atom. The van der Waals surface area contributed by atoms with Crippen molar-refractivity contribution in [1.29, 1.82) is 0 Å². The summed E-state index contributed by atoms with van der Waals surface area (Å²) in [5, 5.41) is 7.07. The molecular formula is C17H15BrN4OS. The van der Waals surface area contributed by atoms with Crippen LogP contribution in [0.1, 0.15) is 5.56 Å². The molecule has 24 heavy (non-hydrogen) atoms. The first-order chi connectivity index (χ1) is 11.6. The monoisotopic (exact) mass is 402 g/mol. The Labute approximate surface area is 152 Å². The van der Waals surface area contributed by atoms with E-state index in [1.807, 2.05) is 37.3 Å². The summed E-state index contributed by atoms with van der Waals surface area (Å²) >= 11 is 4.95. The molecular weight excluding hydrogens is 388 g/mol. The van der Waals surface area contributed by atoms with Crippen LogP contribution in [0.25, 0.3) is 5.82 Å². The largest absolute Gasteiger partial charge is 0.322 e. The number of hydrogen-bond donors (Lipinski definition) is 1. The molecule has 3 rings (SSSR count). The second kappa shape index (κ2) is 7.63. The zero-order valence-corrected chi connectivity index (χ0v) is 15.3. The Bertz CT molecular complexity index is 852. The molecule has 0 aliphatic carbocycles. The SMILES string of the molecule is Cc1cc(Br)ccc1SCC(=O)Nc1cccnc1-n1cccn1. The van der Waals surface area contributed by atoms with Crippen LogP contribution in [0.2, 0.25) is 0 Å². The third-order valence-corrected chi connectivity index (χ3v) is 4.95. The van der Waals surface area contributed by atoms with Crippen LogP contribution in [0.15, 0.2) is 64.4 Å². The van der Waals surface area contributed by atoms with Gasteiger partial charge in [0, 0.05) is 28.0 Å². The van der Waals surface area contributed by atoms with Gasteiger partial charge in [0.05, 0.1) is 11.4 Å². The standard InChI is InChI=1S/C17H15BrN4OS/c1-12-10-13(18)5-6-15(12)24-11-16(23)21-14-4-2-7-19-17(14)22-9-3-8-20-22/h2-10H,11H2,1H3,(H,21,23). The normalized spacial score (nSPS) is 10.6. The van der Waals surface area contributed by atoms with Crippen LogP contribution < -0.4 is 5.32 Å². The van der Waals surface area contributed by atoms with Gasteiger partial charge < -0.3 is 5.32 Å². The zero-order chi connectivity index (χ0) is 16.9. The van der Waals surface area contributed by atoms with Gasteiger partial charge in [-0.2, -0.15) is 5.10 Å². The van der Waals surface area contributed by atoms with Gasteiger partial charge in [-0.05, 0) is 48.9 Å². The lowest BCUT2D eigenvalue weighted by atomic mass is 10.2. The lowest BCUT2D eigenvalue weighted by Gasteiger charge is -2.10. The molecule has 1 aromatic carbocycles. The number of halogens is 1. The average Bonchev–Trinajstić information content (AvgIpc) is 3.09. The maximum atomic E-state index is 12.3. The summed E-state index contributed by atoms with van der Waals surface area (Å²) in [5.41, 5.74) is 1.78. The Kier molecular flexibility index (Phi) is 5.32. The van der Waals surface area contributed by atoms with E-state index in [0.717, 1.165) is 14.9 Å². The number of amides is 1. The van der Waals surface area contributed by atoms with Crippen LogP contribution >= 0.6 is 27.7 Å². The van der Waals surface area contributed by atoms with Gasteiger partial charge in [0.2, 0.25) is 5.91 Å². The average molecular weight is 403 g/mol. The molecule has 0 unspecified atom stereocenters. The van der Waals surface area contributed by atoms with Gasteiger partial charge in [0.25, 0.3) is 0 Å². The maximum absolute atomic E-state index is 12.3. The first kappa shape index (κ1) is 16.7. The second-order valence-corrected chi connectivity index (χ2v) is 7.00. The van der Waals surface area contributed by atoms with Crippen molar-refractivity contribution in [2.75, 3.05) is 11.1 Å². The van der Waals surface area contributed by atoms with E-state index in [1.165, 1.54) is 11.8 Å². The highest BCUT2D eigenvalue weighted by molar-refractivity contribution is 9.10. The Morgan fingerprint density at radius 1 is 1.29 bits per heavy atom. The molecule has 3 aromatic rings. The number of pyridine rings is 1. The number of thioether (sulfide) groups is 1. The number of carbonyl (C=O) groups is 1. The number of carbonyl (C=O) groups excluding carboxylic acids is 1. The highest BCUT2D eigenvalue weighted by Crippen LogP contribution is 2.25. The molecule has 5 nitrogen and oxygen atoms in total. The summed E-state index contributed by atoms with van der Waals surface area (Å²) < 4.78 is 2.66. The van der Waals surface area contributed by atoms with E-state index >= 15 is 0 Å². The molecule has 0 bridgehead atoms. The predicted octanol–water partition coefficient (Wildman–Crippen LogP) is 4.07. The molecule has 7 heteroatoms. The third-order valence-electron chi connectivity index (χ3n) is 3.28. The van der Waals surface area contributed by atoms with Gasteiger partial charge in [-0.3, -0.25) is 4.79 Å². The maximum Gasteiger partial charge on any atom is 0.234 e. The van der Waals surface area contributed by atoms with Crippen molar-refractivity contribution in [3.63, 3.8) is 0 Å². The minimum Gasteiger partial charge on any atom is -0.322 e. The zero-order valence-electron chi connectivity index (χ0n) is 12.9. The number of anilines is 1. The highest BCUT2D eigenvalue weighted by atomic mass is 79.9. The van der Waals surface area contributed by atoms with Crippen LogP contribution in [0.4, 0.5) is 5.69 Å². The number of rotatable bonds is 5. The first-order valence-corrected chi connectivity index (χ1v) is 9.05. The molecule has 0 atom stereocenters. The fraction of sp³-hybridized carbons (Fsp3) is 0.118. The van der Waals surface area contributed by atoms with Gasteiger partial charge in [-0.25, -0.2) is 9.67 Å². The molecule has 122 valence electrons. The molecule has 0 aliphatic heterocycles. The molecule has 0 saturated carbocycles. The fourth-order valence-corrected chi connectivity index (χ4v) is 3.46. The topological polar surface area (TPSA) is 59.8 Å². The molecule has 1 amide bonds. The molecule has 1 N–H and O–H groups in total. The van der Waals surface area contributed by atoms with Gasteiger partial charge in [0.1, 0.15) is 0 Å². The van der Waals surface area contributed by atoms with Crippen molar-refractivity contribution in [1.82, 2.24) is 14.8 Å². The fourth-order valence-electron chi connectivity index (χ4n) is 2.18. The number of aryl methyl sites for hydroxylation is 1. The lowest BCUT2D eigenvalue weighted by Crippen LogP contribution is -2.16. The van der Waals surface area contributed by atoms with E-state index in [2.05, 4.69) is 31.3 Å². The van der Waals surface area contributed by atoms with Gasteiger partial charge in [0.15, 0.2) is 5.82 Å². The highest BCUT2D eigenvalue weighted by Gasteiger charge is 2.10.